The summed E-state index contributed by atoms with van der Waals surface area (Å²) in [4.78, 5) is 27.9. The molecular weight excluding hydrogens is 349 g/mol. The lowest BCUT2D eigenvalue weighted by Crippen LogP contribution is -2.25. The number of aromatic nitrogens is 1. The maximum atomic E-state index is 12.5. The molecule has 0 saturated carbocycles. The van der Waals surface area contributed by atoms with Gasteiger partial charge in [-0.15, -0.1) is 11.3 Å². The lowest BCUT2D eigenvalue weighted by Gasteiger charge is -2.13. The summed E-state index contributed by atoms with van der Waals surface area (Å²) in [5.74, 6) is -1.87. The highest BCUT2D eigenvalue weighted by Crippen LogP contribution is 2.30. The summed E-state index contributed by atoms with van der Waals surface area (Å²) in [5, 5.41) is 10.0. The van der Waals surface area contributed by atoms with Crippen LogP contribution in [0.4, 0.5) is 13.2 Å². The maximum absolute atomic E-state index is 12.5. The molecule has 0 spiro atoms. The van der Waals surface area contributed by atoms with Crippen molar-refractivity contribution in [1.29, 1.82) is 0 Å². The summed E-state index contributed by atoms with van der Waals surface area (Å²) < 4.78 is 42.8. The van der Waals surface area contributed by atoms with E-state index in [1.165, 1.54) is 7.05 Å². The van der Waals surface area contributed by atoms with Gasteiger partial charge < -0.3 is 14.4 Å². The monoisotopic (exact) mass is 362 g/mol. The van der Waals surface area contributed by atoms with E-state index in [0.29, 0.717) is 6.42 Å². The zero-order chi connectivity index (χ0) is 18.1. The van der Waals surface area contributed by atoms with Crippen LogP contribution in [0.5, 0.6) is 0 Å². The Hall–Kier alpha value is -2.36. The zero-order valence-electron chi connectivity index (χ0n) is 12.7. The fourth-order valence-corrected chi connectivity index (χ4v) is 2.81. The number of hydrogen-bond acceptors (Lipinski definition) is 5. The van der Waals surface area contributed by atoms with Crippen molar-refractivity contribution in [3.63, 3.8) is 0 Å². The minimum atomic E-state index is -4.54. The van der Waals surface area contributed by atoms with Crippen LogP contribution < -0.4 is 0 Å². The minimum Gasteiger partial charge on any atom is -0.478 e. The van der Waals surface area contributed by atoms with E-state index < -0.39 is 23.7 Å². The highest BCUT2D eigenvalue weighted by molar-refractivity contribution is 7.09. The van der Waals surface area contributed by atoms with Crippen LogP contribution >= 0.6 is 11.3 Å². The second kappa shape index (κ2) is 6.63. The molecular formula is C14H13F3N2O4S. The summed E-state index contributed by atoms with van der Waals surface area (Å²) in [6.45, 7) is 1.53. The van der Waals surface area contributed by atoms with E-state index in [-0.39, 0.29) is 28.6 Å². The fourth-order valence-electron chi connectivity index (χ4n) is 1.95. The molecule has 0 radical (unpaired) electrons. The van der Waals surface area contributed by atoms with Gasteiger partial charge >= 0.3 is 12.1 Å². The average Bonchev–Trinajstić information content (AvgIpc) is 3.12. The van der Waals surface area contributed by atoms with Gasteiger partial charge in [0, 0.05) is 24.9 Å². The van der Waals surface area contributed by atoms with Gasteiger partial charge in [0.05, 0.1) is 6.54 Å². The Morgan fingerprint density at radius 1 is 1.42 bits per heavy atom. The topological polar surface area (TPSA) is 83.6 Å². The third kappa shape index (κ3) is 3.75. The lowest BCUT2D eigenvalue weighted by molar-refractivity contribution is -0.140. The number of rotatable bonds is 5. The molecule has 130 valence electrons. The van der Waals surface area contributed by atoms with Crippen LogP contribution in [0.3, 0.4) is 0 Å². The molecule has 0 saturated heterocycles. The number of halogens is 3. The fraction of sp³-hybridized carbons (Fsp3) is 0.357. The van der Waals surface area contributed by atoms with E-state index in [1.54, 1.807) is 6.92 Å². The van der Waals surface area contributed by atoms with Crippen molar-refractivity contribution in [1.82, 2.24) is 9.88 Å². The van der Waals surface area contributed by atoms with E-state index in [1.807, 2.05) is 0 Å². The van der Waals surface area contributed by atoms with Crippen LogP contribution in [0.1, 0.15) is 44.3 Å². The minimum absolute atomic E-state index is 0.108. The van der Waals surface area contributed by atoms with E-state index in [2.05, 4.69) is 4.98 Å². The molecule has 6 nitrogen and oxygen atoms in total. The molecule has 2 heterocycles. The third-order valence-electron chi connectivity index (χ3n) is 3.13. The summed E-state index contributed by atoms with van der Waals surface area (Å²) in [6, 6.07) is 1.11. The van der Waals surface area contributed by atoms with Crippen molar-refractivity contribution in [3.8, 4) is 0 Å². The molecule has 24 heavy (non-hydrogen) atoms. The SMILES string of the molecule is CCc1oc(C(=O)N(C)Cc2nc(C(F)(F)F)cs2)cc1C(=O)O. The van der Waals surface area contributed by atoms with E-state index in [0.717, 1.165) is 27.7 Å². The van der Waals surface area contributed by atoms with Crippen molar-refractivity contribution in [2.24, 2.45) is 0 Å². The van der Waals surface area contributed by atoms with E-state index >= 15 is 0 Å². The Labute approximate surface area is 138 Å². The quantitative estimate of drug-likeness (QED) is 0.882. The molecule has 10 heteroatoms. The number of hydrogen-bond donors (Lipinski definition) is 1. The maximum Gasteiger partial charge on any atom is 0.434 e. The number of furan rings is 1. The second-order valence-corrected chi connectivity index (χ2v) is 5.83. The number of alkyl halides is 3. The number of carboxylic acids is 1. The molecule has 1 amide bonds. The van der Waals surface area contributed by atoms with Gasteiger partial charge in [-0.25, -0.2) is 9.78 Å². The molecule has 0 aliphatic rings. The van der Waals surface area contributed by atoms with Crippen molar-refractivity contribution in [2.75, 3.05) is 7.05 Å². The number of thiazole rings is 1. The standard InChI is InChI=1S/C14H13F3N2O4S/c1-3-8-7(13(21)22)4-9(23-8)12(20)19(2)5-11-18-10(6-24-11)14(15,16)17/h4,6H,3,5H2,1-2H3,(H,21,22). The van der Waals surface area contributed by atoms with Gasteiger partial charge in [0.25, 0.3) is 5.91 Å². The molecule has 0 fully saturated rings. The normalized spacial score (nSPS) is 11.5. The molecule has 2 aromatic heterocycles. The smallest absolute Gasteiger partial charge is 0.434 e. The summed E-state index contributed by atoms with van der Waals surface area (Å²) in [7, 11) is 1.37. The summed E-state index contributed by atoms with van der Waals surface area (Å²) >= 11 is 0.785. The van der Waals surface area contributed by atoms with Crippen molar-refractivity contribution in [3.05, 3.63) is 39.2 Å². The van der Waals surface area contributed by atoms with E-state index in [9.17, 15) is 22.8 Å². The first-order valence-corrected chi connectivity index (χ1v) is 7.64. The number of carbonyl (C=O) groups is 2. The van der Waals surface area contributed by atoms with Gasteiger partial charge in [-0.3, -0.25) is 4.79 Å². The van der Waals surface area contributed by atoms with Gasteiger partial charge in [-0.1, -0.05) is 6.92 Å². The lowest BCUT2D eigenvalue weighted by atomic mass is 10.2. The van der Waals surface area contributed by atoms with Crippen LogP contribution in [-0.4, -0.2) is 33.9 Å². The first kappa shape index (κ1) is 18.0. The first-order valence-electron chi connectivity index (χ1n) is 6.76. The van der Waals surface area contributed by atoms with Crippen molar-refractivity contribution in [2.45, 2.75) is 26.1 Å². The van der Waals surface area contributed by atoms with Crippen LogP contribution in [0.2, 0.25) is 0 Å². The molecule has 0 atom stereocenters. The number of amides is 1. The Kier molecular flexibility index (Phi) is 4.97. The number of aryl methyl sites for hydroxylation is 1. The van der Waals surface area contributed by atoms with Gasteiger partial charge in [0.2, 0.25) is 0 Å². The van der Waals surface area contributed by atoms with Crippen LogP contribution in [0, 0.1) is 0 Å². The van der Waals surface area contributed by atoms with Gasteiger partial charge in [-0.2, -0.15) is 13.2 Å². The Morgan fingerprint density at radius 3 is 2.54 bits per heavy atom. The second-order valence-electron chi connectivity index (χ2n) is 4.89. The van der Waals surface area contributed by atoms with Gasteiger partial charge in [-0.05, 0) is 0 Å². The summed E-state index contributed by atoms with van der Waals surface area (Å²) in [5.41, 5.74) is -1.12. The van der Waals surface area contributed by atoms with Crippen LogP contribution in [0.25, 0.3) is 0 Å². The molecule has 0 unspecified atom stereocenters. The predicted molar refractivity (Wildman–Crippen MR) is 78.0 cm³/mol. The van der Waals surface area contributed by atoms with Crippen LogP contribution in [0.15, 0.2) is 15.9 Å². The average molecular weight is 362 g/mol. The van der Waals surface area contributed by atoms with Gasteiger partial charge in [0.15, 0.2) is 11.5 Å². The molecule has 0 bridgehead atoms. The largest absolute Gasteiger partial charge is 0.478 e. The molecule has 2 aromatic rings. The number of aromatic carboxylic acids is 1. The molecule has 1 N–H and O–H groups in total. The zero-order valence-corrected chi connectivity index (χ0v) is 13.5. The third-order valence-corrected chi connectivity index (χ3v) is 3.97. The molecule has 2 rings (SSSR count). The first-order chi connectivity index (χ1) is 11.1. The molecule has 0 aliphatic heterocycles. The van der Waals surface area contributed by atoms with Crippen LogP contribution in [-0.2, 0) is 19.1 Å². The number of nitrogens with zero attached hydrogens (tertiary/aromatic N) is 2. The molecule has 0 aromatic carbocycles. The Bertz CT molecular complexity index is 766. The molecule has 0 aliphatic carbocycles. The summed E-state index contributed by atoms with van der Waals surface area (Å²) in [6.07, 6.45) is -4.25. The Balaban J connectivity index is 2.15. The highest BCUT2D eigenvalue weighted by atomic mass is 32.1. The van der Waals surface area contributed by atoms with Crippen molar-refractivity contribution < 1.29 is 32.3 Å². The number of carbonyl (C=O) groups excluding carboxylic acids is 1. The predicted octanol–water partition coefficient (Wildman–Crippen LogP) is 3.29. The highest BCUT2D eigenvalue weighted by Gasteiger charge is 2.34. The van der Waals surface area contributed by atoms with Crippen molar-refractivity contribution >= 4 is 23.2 Å². The van der Waals surface area contributed by atoms with E-state index in [4.69, 9.17) is 9.52 Å². The number of carboxylic acid groups (broad SMARTS) is 1. The Morgan fingerprint density at radius 2 is 2.08 bits per heavy atom. The van der Waals surface area contributed by atoms with Gasteiger partial charge in [0.1, 0.15) is 16.3 Å².